The van der Waals surface area contributed by atoms with Crippen LogP contribution in [-0.4, -0.2) is 30.5 Å². The van der Waals surface area contributed by atoms with Gasteiger partial charge in [0.2, 0.25) is 5.95 Å². The highest BCUT2D eigenvalue weighted by Gasteiger charge is 2.11. The summed E-state index contributed by atoms with van der Waals surface area (Å²) in [6, 6.07) is 7.82. The van der Waals surface area contributed by atoms with E-state index in [0.29, 0.717) is 6.54 Å². The maximum Gasteiger partial charge on any atom is 0.278 e. The number of halogens is 1. The van der Waals surface area contributed by atoms with E-state index in [9.17, 15) is 9.18 Å². The Morgan fingerprint density at radius 2 is 2.18 bits per heavy atom. The number of hydrogen-bond donors (Lipinski definition) is 1. The van der Waals surface area contributed by atoms with Crippen LogP contribution in [0.15, 0.2) is 42.9 Å². The van der Waals surface area contributed by atoms with E-state index in [0.717, 1.165) is 5.56 Å². The van der Waals surface area contributed by atoms with Crippen molar-refractivity contribution in [3.8, 4) is 0 Å². The molecule has 0 saturated carbocycles. The molecule has 2 heterocycles. The van der Waals surface area contributed by atoms with Gasteiger partial charge in [-0.2, -0.15) is 5.10 Å². The first-order valence-electron chi connectivity index (χ1n) is 6.55. The third kappa shape index (κ3) is 3.17. The normalized spacial score (nSPS) is 10.6. The second-order valence-electron chi connectivity index (χ2n) is 4.72. The molecule has 7 nitrogen and oxygen atoms in total. The van der Waals surface area contributed by atoms with Gasteiger partial charge in [0.25, 0.3) is 5.91 Å². The fourth-order valence-corrected chi connectivity index (χ4v) is 1.95. The Kier molecular flexibility index (Phi) is 3.65. The van der Waals surface area contributed by atoms with Crippen molar-refractivity contribution in [2.75, 3.05) is 5.32 Å². The number of rotatable bonds is 4. The number of carbonyl (C=O) groups is 1. The van der Waals surface area contributed by atoms with E-state index >= 15 is 0 Å². The topological polar surface area (TPSA) is 77.6 Å². The number of benzene rings is 1. The van der Waals surface area contributed by atoms with Gasteiger partial charge in [0.15, 0.2) is 5.69 Å². The molecule has 0 spiro atoms. The average molecular weight is 300 g/mol. The van der Waals surface area contributed by atoms with Crippen molar-refractivity contribution in [3.63, 3.8) is 0 Å². The van der Waals surface area contributed by atoms with E-state index in [2.05, 4.69) is 20.5 Å². The zero-order valence-corrected chi connectivity index (χ0v) is 11.8. The summed E-state index contributed by atoms with van der Waals surface area (Å²) in [5.41, 5.74) is 1.04. The van der Waals surface area contributed by atoms with Crippen LogP contribution in [0.5, 0.6) is 0 Å². The van der Waals surface area contributed by atoms with Crippen molar-refractivity contribution in [2.24, 2.45) is 7.05 Å². The van der Waals surface area contributed by atoms with Gasteiger partial charge in [0.05, 0.1) is 6.54 Å². The summed E-state index contributed by atoms with van der Waals surface area (Å²) in [7, 11) is 1.72. The summed E-state index contributed by atoms with van der Waals surface area (Å²) < 4.78 is 16.2. The van der Waals surface area contributed by atoms with Gasteiger partial charge in [-0.1, -0.05) is 12.1 Å². The first-order chi connectivity index (χ1) is 10.6. The number of nitrogens with zero attached hydrogens (tertiary/aromatic N) is 5. The van der Waals surface area contributed by atoms with Crippen LogP contribution >= 0.6 is 0 Å². The lowest BCUT2D eigenvalue weighted by atomic mass is 10.2. The number of aryl methyl sites for hydroxylation is 1. The fourth-order valence-electron chi connectivity index (χ4n) is 1.95. The van der Waals surface area contributed by atoms with Crippen LogP contribution in [0.4, 0.5) is 10.3 Å². The Hall–Kier alpha value is -3.03. The highest BCUT2D eigenvalue weighted by Crippen LogP contribution is 2.07. The molecule has 22 heavy (non-hydrogen) atoms. The molecule has 1 aromatic carbocycles. The number of nitrogens with one attached hydrogen (secondary N) is 1. The minimum atomic E-state index is -0.385. The molecule has 2 aromatic heterocycles. The predicted octanol–water partition coefficient (Wildman–Crippen LogP) is 1.45. The van der Waals surface area contributed by atoms with Crippen molar-refractivity contribution in [3.05, 3.63) is 59.9 Å². The van der Waals surface area contributed by atoms with Crippen LogP contribution in [0.3, 0.4) is 0 Å². The van der Waals surface area contributed by atoms with Gasteiger partial charge in [-0.3, -0.25) is 14.8 Å². The second kappa shape index (κ2) is 5.76. The fraction of sp³-hybridized carbons (Fsp3) is 0.143. The molecule has 0 fully saturated rings. The lowest BCUT2D eigenvalue weighted by molar-refractivity contribution is 0.102. The molecule has 0 saturated heterocycles. The minimum absolute atomic E-state index is 0.173. The molecule has 3 rings (SSSR count). The molecule has 0 aliphatic rings. The number of aromatic nitrogens is 5. The van der Waals surface area contributed by atoms with Crippen molar-refractivity contribution < 1.29 is 9.18 Å². The van der Waals surface area contributed by atoms with E-state index < -0.39 is 0 Å². The van der Waals surface area contributed by atoms with E-state index in [1.165, 1.54) is 27.8 Å². The van der Waals surface area contributed by atoms with E-state index in [1.54, 1.807) is 31.4 Å². The Morgan fingerprint density at radius 3 is 2.91 bits per heavy atom. The molecule has 0 radical (unpaired) electrons. The highest BCUT2D eigenvalue weighted by molar-refractivity contribution is 6.01. The zero-order chi connectivity index (χ0) is 15.5. The van der Waals surface area contributed by atoms with Crippen molar-refractivity contribution in [2.45, 2.75) is 6.54 Å². The van der Waals surface area contributed by atoms with E-state index in [-0.39, 0.29) is 23.4 Å². The lowest BCUT2D eigenvalue weighted by Crippen LogP contribution is -2.14. The van der Waals surface area contributed by atoms with Crippen molar-refractivity contribution in [1.29, 1.82) is 0 Å². The molecule has 0 unspecified atom stereocenters. The van der Waals surface area contributed by atoms with Crippen molar-refractivity contribution >= 4 is 11.9 Å². The van der Waals surface area contributed by atoms with Gasteiger partial charge in [0, 0.05) is 13.2 Å². The smallest absolute Gasteiger partial charge is 0.278 e. The first kappa shape index (κ1) is 13.9. The van der Waals surface area contributed by atoms with Crippen LogP contribution in [0.2, 0.25) is 0 Å². The first-order valence-corrected chi connectivity index (χ1v) is 6.55. The third-order valence-corrected chi connectivity index (χ3v) is 2.94. The van der Waals surface area contributed by atoms with Gasteiger partial charge in [-0.05, 0) is 23.8 Å². The molecule has 3 aromatic rings. The number of carbonyl (C=O) groups excluding carboxylic acids is 1. The summed E-state index contributed by atoms with van der Waals surface area (Å²) >= 11 is 0. The van der Waals surface area contributed by atoms with Crippen LogP contribution in [0.1, 0.15) is 16.1 Å². The van der Waals surface area contributed by atoms with Crippen LogP contribution in [0, 0.1) is 5.82 Å². The second-order valence-corrected chi connectivity index (χ2v) is 4.72. The van der Waals surface area contributed by atoms with Crippen LogP contribution < -0.4 is 5.32 Å². The predicted molar refractivity (Wildman–Crippen MR) is 76.7 cm³/mol. The van der Waals surface area contributed by atoms with Gasteiger partial charge in [-0.15, -0.1) is 5.10 Å². The minimum Gasteiger partial charge on any atom is -0.288 e. The largest absolute Gasteiger partial charge is 0.288 e. The highest BCUT2D eigenvalue weighted by atomic mass is 19.1. The Morgan fingerprint density at radius 1 is 1.32 bits per heavy atom. The molecule has 0 aliphatic heterocycles. The number of amides is 1. The summed E-state index contributed by atoms with van der Waals surface area (Å²) in [4.78, 5) is 15.9. The quantitative estimate of drug-likeness (QED) is 0.791. The van der Waals surface area contributed by atoms with Crippen LogP contribution in [0.25, 0.3) is 0 Å². The molecule has 112 valence electrons. The molecular formula is C14H13FN6O. The molecule has 0 bridgehead atoms. The zero-order valence-electron chi connectivity index (χ0n) is 11.8. The Bertz CT molecular complexity index is 809. The lowest BCUT2D eigenvalue weighted by Gasteiger charge is -2.01. The Balaban J connectivity index is 1.67. The monoisotopic (exact) mass is 300 g/mol. The molecule has 0 atom stereocenters. The molecule has 8 heteroatoms. The standard InChI is InChI=1S/C14H13FN6O/c1-20-6-5-12(18-20)13(22)17-14-16-9-21(19-14)8-10-3-2-4-11(15)7-10/h2-7,9H,8H2,1H3,(H,17,19,22). The number of hydrogen-bond acceptors (Lipinski definition) is 4. The van der Waals surface area contributed by atoms with Gasteiger partial charge in [0.1, 0.15) is 12.1 Å². The summed E-state index contributed by atoms with van der Waals surface area (Å²) in [5.74, 6) is -0.516. The van der Waals surface area contributed by atoms with Gasteiger partial charge in [-0.25, -0.2) is 14.1 Å². The molecule has 1 N–H and O–H groups in total. The summed E-state index contributed by atoms with van der Waals surface area (Å²) in [6.07, 6.45) is 3.14. The maximum absolute atomic E-state index is 13.1. The van der Waals surface area contributed by atoms with Crippen LogP contribution in [-0.2, 0) is 13.6 Å². The van der Waals surface area contributed by atoms with Gasteiger partial charge < -0.3 is 0 Å². The Labute approximate surface area is 125 Å². The summed E-state index contributed by atoms with van der Waals surface area (Å²) in [5, 5.41) is 10.7. The molecular weight excluding hydrogens is 287 g/mol. The SMILES string of the molecule is Cn1ccc(C(=O)Nc2ncn(Cc3cccc(F)c3)n2)n1. The van der Waals surface area contributed by atoms with E-state index in [4.69, 9.17) is 0 Å². The summed E-state index contributed by atoms with van der Waals surface area (Å²) in [6.45, 7) is 0.365. The van der Waals surface area contributed by atoms with E-state index in [1.807, 2.05) is 0 Å². The van der Waals surface area contributed by atoms with Gasteiger partial charge >= 0.3 is 0 Å². The average Bonchev–Trinajstić information content (AvgIpc) is 3.08. The molecule has 1 amide bonds. The third-order valence-electron chi connectivity index (χ3n) is 2.94. The molecule has 0 aliphatic carbocycles. The number of anilines is 1. The van der Waals surface area contributed by atoms with Crippen molar-refractivity contribution in [1.82, 2.24) is 24.5 Å². The maximum atomic E-state index is 13.1.